The normalized spacial score (nSPS) is 21.2. The highest BCUT2D eigenvalue weighted by Crippen LogP contribution is 2.12. The predicted octanol–water partition coefficient (Wildman–Crippen LogP) is -0.252. The monoisotopic (exact) mass is 181 g/mol. The van der Waals surface area contributed by atoms with E-state index >= 15 is 0 Å². The van der Waals surface area contributed by atoms with Gasteiger partial charge in [-0.3, -0.25) is 14.8 Å². The van der Waals surface area contributed by atoms with Crippen LogP contribution in [-0.2, 0) is 17.9 Å². The second-order valence-corrected chi connectivity index (χ2v) is 3.23. The van der Waals surface area contributed by atoms with E-state index in [0.29, 0.717) is 13.1 Å². The van der Waals surface area contributed by atoms with Crippen LogP contribution < -0.4 is 5.32 Å². The average molecular weight is 181 g/mol. The van der Waals surface area contributed by atoms with E-state index in [9.17, 15) is 4.79 Å². The molecule has 70 valence electrons. The first-order valence-electron chi connectivity index (χ1n) is 4.16. The summed E-state index contributed by atoms with van der Waals surface area (Å²) in [4.78, 5) is 10.7. The van der Waals surface area contributed by atoms with Crippen LogP contribution in [0.3, 0.4) is 0 Å². The number of rotatable bonds is 1. The second kappa shape index (κ2) is 2.85. The lowest BCUT2D eigenvalue weighted by molar-refractivity contribution is -0.140. The van der Waals surface area contributed by atoms with Crippen molar-refractivity contribution < 1.29 is 9.90 Å². The summed E-state index contributed by atoms with van der Waals surface area (Å²) in [6, 6.07) is -0.508. The lowest BCUT2D eigenvalue weighted by Crippen LogP contribution is -2.44. The number of hydrogen-bond acceptors (Lipinski definition) is 3. The first-order chi connectivity index (χ1) is 6.18. The van der Waals surface area contributed by atoms with Gasteiger partial charge in [-0.25, -0.2) is 0 Å². The summed E-state index contributed by atoms with van der Waals surface area (Å²) in [6.07, 6.45) is 1.77. The number of aliphatic carboxylic acids is 1. The first-order valence-corrected chi connectivity index (χ1v) is 4.16. The number of fused-ring (bicyclic) bond motifs is 1. The highest BCUT2D eigenvalue weighted by molar-refractivity contribution is 5.73. The molecule has 0 saturated heterocycles. The van der Waals surface area contributed by atoms with Gasteiger partial charge in [0.1, 0.15) is 6.04 Å². The van der Waals surface area contributed by atoms with Crippen LogP contribution in [0.2, 0.25) is 0 Å². The minimum Gasteiger partial charge on any atom is -0.480 e. The maximum absolute atomic E-state index is 10.7. The minimum absolute atomic E-state index is 0.415. The van der Waals surface area contributed by atoms with E-state index in [1.54, 1.807) is 10.9 Å². The summed E-state index contributed by atoms with van der Waals surface area (Å²) >= 11 is 0. The molecule has 5 heteroatoms. The van der Waals surface area contributed by atoms with Crippen LogP contribution in [-0.4, -0.2) is 26.9 Å². The molecule has 0 saturated carbocycles. The Morgan fingerprint density at radius 3 is 3.31 bits per heavy atom. The van der Waals surface area contributed by atoms with Crippen molar-refractivity contribution >= 4 is 5.97 Å². The van der Waals surface area contributed by atoms with Crippen molar-refractivity contribution in [2.45, 2.75) is 26.1 Å². The summed E-state index contributed by atoms with van der Waals surface area (Å²) in [6.45, 7) is 2.98. The largest absolute Gasteiger partial charge is 0.480 e. The number of nitrogens with one attached hydrogen (secondary N) is 1. The number of carboxylic acid groups (broad SMARTS) is 1. The smallest absolute Gasteiger partial charge is 0.322 e. The number of aryl methyl sites for hydroxylation is 1. The zero-order valence-corrected chi connectivity index (χ0v) is 7.32. The Morgan fingerprint density at radius 2 is 2.62 bits per heavy atom. The van der Waals surface area contributed by atoms with E-state index in [0.717, 1.165) is 11.3 Å². The molecule has 1 aromatic rings. The summed E-state index contributed by atoms with van der Waals surface area (Å²) in [5, 5.41) is 15.8. The van der Waals surface area contributed by atoms with Gasteiger partial charge in [0.15, 0.2) is 0 Å². The van der Waals surface area contributed by atoms with Crippen LogP contribution in [0.5, 0.6) is 0 Å². The van der Waals surface area contributed by atoms with Gasteiger partial charge in [0.05, 0.1) is 18.4 Å². The van der Waals surface area contributed by atoms with Crippen molar-refractivity contribution in [3.05, 3.63) is 17.5 Å². The zero-order valence-electron chi connectivity index (χ0n) is 7.32. The summed E-state index contributed by atoms with van der Waals surface area (Å²) in [5.74, 6) is -0.821. The van der Waals surface area contributed by atoms with E-state index in [4.69, 9.17) is 5.11 Å². The van der Waals surface area contributed by atoms with Crippen LogP contribution in [0, 0.1) is 6.92 Å². The molecule has 0 amide bonds. The van der Waals surface area contributed by atoms with E-state index in [-0.39, 0.29) is 0 Å². The second-order valence-electron chi connectivity index (χ2n) is 3.23. The van der Waals surface area contributed by atoms with Crippen LogP contribution in [0.1, 0.15) is 11.3 Å². The first kappa shape index (κ1) is 8.25. The van der Waals surface area contributed by atoms with Crippen molar-refractivity contribution in [1.82, 2.24) is 15.1 Å². The lowest BCUT2D eigenvalue weighted by Gasteiger charge is -2.22. The molecular formula is C8H11N3O2. The Morgan fingerprint density at radius 1 is 1.85 bits per heavy atom. The molecule has 1 unspecified atom stereocenters. The maximum Gasteiger partial charge on any atom is 0.322 e. The molecule has 0 bridgehead atoms. The fourth-order valence-corrected chi connectivity index (χ4v) is 1.51. The van der Waals surface area contributed by atoms with Crippen molar-refractivity contribution in [3.8, 4) is 0 Å². The lowest BCUT2D eigenvalue weighted by atomic mass is 10.2. The van der Waals surface area contributed by atoms with Gasteiger partial charge < -0.3 is 5.11 Å². The van der Waals surface area contributed by atoms with Crippen molar-refractivity contribution in [2.75, 3.05) is 0 Å². The zero-order chi connectivity index (χ0) is 9.42. The number of aromatic nitrogens is 2. The summed E-state index contributed by atoms with van der Waals surface area (Å²) in [7, 11) is 0. The molecular weight excluding hydrogens is 170 g/mol. The molecule has 1 aliphatic rings. The van der Waals surface area contributed by atoms with Crippen molar-refractivity contribution in [3.63, 3.8) is 0 Å². The van der Waals surface area contributed by atoms with Gasteiger partial charge in [-0.1, -0.05) is 0 Å². The molecule has 0 fully saturated rings. The standard InChI is InChI=1S/C8H11N3O2/c1-5-2-10-11-4-6(8(12)13)9-3-7(5)11/h2,6,9H,3-4H2,1H3,(H,12,13). The Labute approximate surface area is 75.4 Å². The fraction of sp³-hybridized carbons (Fsp3) is 0.500. The third kappa shape index (κ3) is 1.31. The molecule has 1 aromatic heterocycles. The third-order valence-electron chi connectivity index (χ3n) is 2.33. The highest BCUT2D eigenvalue weighted by atomic mass is 16.4. The Kier molecular flexibility index (Phi) is 1.81. The average Bonchev–Trinajstić information content (AvgIpc) is 2.47. The van der Waals surface area contributed by atoms with Crippen LogP contribution >= 0.6 is 0 Å². The molecule has 1 atom stereocenters. The van der Waals surface area contributed by atoms with Gasteiger partial charge in [-0.05, 0) is 12.5 Å². The Balaban J connectivity index is 2.25. The molecule has 2 N–H and O–H groups in total. The molecule has 13 heavy (non-hydrogen) atoms. The quantitative estimate of drug-likeness (QED) is 0.626. The summed E-state index contributed by atoms with van der Waals surface area (Å²) in [5.41, 5.74) is 2.19. The minimum atomic E-state index is -0.821. The van der Waals surface area contributed by atoms with E-state index in [2.05, 4.69) is 10.4 Å². The third-order valence-corrected chi connectivity index (χ3v) is 2.33. The fourth-order valence-electron chi connectivity index (χ4n) is 1.51. The van der Waals surface area contributed by atoms with Gasteiger partial charge in [0, 0.05) is 6.54 Å². The number of carbonyl (C=O) groups is 1. The molecule has 0 spiro atoms. The number of nitrogens with zero attached hydrogens (tertiary/aromatic N) is 2. The SMILES string of the molecule is Cc1cnn2c1CNC(C(=O)O)C2. The van der Waals surface area contributed by atoms with Gasteiger partial charge in [0.25, 0.3) is 0 Å². The van der Waals surface area contributed by atoms with E-state index < -0.39 is 12.0 Å². The molecule has 2 heterocycles. The van der Waals surface area contributed by atoms with Crippen LogP contribution in [0.4, 0.5) is 0 Å². The molecule has 0 aliphatic carbocycles. The summed E-state index contributed by atoms with van der Waals surface area (Å²) < 4.78 is 1.75. The topological polar surface area (TPSA) is 67.2 Å². The maximum atomic E-state index is 10.7. The van der Waals surface area contributed by atoms with E-state index in [1.807, 2.05) is 6.92 Å². The van der Waals surface area contributed by atoms with E-state index in [1.165, 1.54) is 0 Å². The molecule has 1 aliphatic heterocycles. The number of hydrogen-bond donors (Lipinski definition) is 2. The molecule has 0 aromatic carbocycles. The molecule has 5 nitrogen and oxygen atoms in total. The van der Waals surface area contributed by atoms with Gasteiger partial charge in [-0.2, -0.15) is 5.10 Å². The van der Waals surface area contributed by atoms with Crippen molar-refractivity contribution in [1.29, 1.82) is 0 Å². The predicted molar refractivity (Wildman–Crippen MR) is 45.2 cm³/mol. The van der Waals surface area contributed by atoms with Gasteiger partial charge in [0.2, 0.25) is 0 Å². The van der Waals surface area contributed by atoms with Crippen molar-refractivity contribution in [2.24, 2.45) is 0 Å². The van der Waals surface area contributed by atoms with Gasteiger partial charge >= 0.3 is 5.97 Å². The Bertz CT molecular complexity index is 345. The molecule has 2 rings (SSSR count). The Hall–Kier alpha value is -1.36. The van der Waals surface area contributed by atoms with Crippen LogP contribution in [0.25, 0.3) is 0 Å². The number of carboxylic acids is 1. The molecule has 0 radical (unpaired) electrons. The van der Waals surface area contributed by atoms with Crippen LogP contribution in [0.15, 0.2) is 6.20 Å². The van der Waals surface area contributed by atoms with Gasteiger partial charge in [-0.15, -0.1) is 0 Å². The highest BCUT2D eigenvalue weighted by Gasteiger charge is 2.24.